The Morgan fingerprint density at radius 3 is 2.47 bits per heavy atom. The van der Waals surface area contributed by atoms with Crippen molar-refractivity contribution in [3.8, 4) is 17.0 Å². The van der Waals surface area contributed by atoms with Crippen LogP contribution < -0.4 is 0 Å². The summed E-state index contributed by atoms with van der Waals surface area (Å²) >= 11 is 0. The van der Waals surface area contributed by atoms with Crippen molar-refractivity contribution < 1.29 is 14.6 Å². The molecule has 0 saturated carbocycles. The minimum Gasteiger partial charge on any atom is -0.508 e. The molecule has 0 aliphatic carbocycles. The fourth-order valence-corrected chi connectivity index (χ4v) is 1.41. The topological polar surface area (TPSA) is 72.3 Å². The first-order valence-electron chi connectivity index (χ1n) is 4.91. The predicted octanol–water partition coefficient (Wildman–Crippen LogP) is 1.64. The van der Waals surface area contributed by atoms with Gasteiger partial charge in [0.25, 0.3) is 0 Å². The summed E-state index contributed by atoms with van der Waals surface area (Å²) in [5.74, 6) is -0.390. The molecule has 0 radical (unpaired) electrons. The Bertz CT molecular complexity index is 538. The summed E-state index contributed by atoms with van der Waals surface area (Å²) < 4.78 is 4.63. The Morgan fingerprint density at radius 1 is 1.18 bits per heavy atom. The van der Waals surface area contributed by atoms with Gasteiger partial charge in [0.1, 0.15) is 11.4 Å². The third kappa shape index (κ3) is 2.23. The maximum absolute atomic E-state index is 11.5. The first-order chi connectivity index (χ1) is 8.22. The van der Waals surface area contributed by atoms with Gasteiger partial charge < -0.3 is 9.84 Å². The Hall–Kier alpha value is -2.43. The summed E-state index contributed by atoms with van der Waals surface area (Å²) in [6.45, 7) is 0. The van der Waals surface area contributed by atoms with E-state index < -0.39 is 5.97 Å². The number of nitrogens with zero attached hydrogens (tertiary/aromatic N) is 2. The highest BCUT2D eigenvalue weighted by Crippen LogP contribution is 2.22. The number of aromatic hydroxyl groups is 1. The van der Waals surface area contributed by atoms with Crippen LogP contribution in [-0.2, 0) is 4.74 Å². The Morgan fingerprint density at radius 2 is 1.82 bits per heavy atom. The Balaban J connectivity index is 2.51. The van der Waals surface area contributed by atoms with Crippen molar-refractivity contribution in [1.82, 2.24) is 9.97 Å². The molecule has 2 rings (SSSR count). The second-order valence-corrected chi connectivity index (χ2v) is 3.29. The first-order valence-corrected chi connectivity index (χ1v) is 4.91. The summed E-state index contributed by atoms with van der Waals surface area (Å²) in [7, 11) is 1.29. The van der Waals surface area contributed by atoms with Gasteiger partial charge in [-0.05, 0) is 24.3 Å². The van der Waals surface area contributed by atoms with Gasteiger partial charge in [0, 0.05) is 18.0 Å². The van der Waals surface area contributed by atoms with Crippen molar-refractivity contribution in [1.29, 1.82) is 0 Å². The van der Waals surface area contributed by atoms with Gasteiger partial charge in [-0.25, -0.2) is 9.78 Å². The molecular weight excluding hydrogens is 220 g/mol. The summed E-state index contributed by atoms with van der Waals surface area (Å²) in [4.78, 5) is 19.6. The van der Waals surface area contributed by atoms with Gasteiger partial charge in [-0.1, -0.05) is 0 Å². The average molecular weight is 230 g/mol. The molecule has 0 bridgehead atoms. The van der Waals surface area contributed by atoms with Gasteiger partial charge in [-0.3, -0.25) is 4.98 Å². The second kappa shape index (κ2) is 4.61. The van der Waals surface area contributed by atoms with Gasteiger partial charge in [0.05, 0.1) is 7.11 Å². The smallest absolute Gasteiger partial charge is 0.358 e. The molecule has 0 unspecified atom stereocenters. The zero-order valence-corrected chi connectivity index (χ0v) is 9.12. The van der Waals surface area contributed by atoms with Crippen molar-refractivity contribution in [3.05, 3.63) is 42.4 Å². The molecule has 0 fully saturated rings. The first kappa shape index (κ1) is 11.1. The molecule has 0 amide bonds. The standard InChI is InChI=1S/C12H10N2O3/c1-17-12(16)11-10(13-6-7-14-11)8-2-4-9(15)5-3-8/h2-7,15H,1H3. The summed E-state index contributed by atoms with van der Waals surface area (Å²) in [5, 5.41) is 9.20. The largest absolute Gasteiger partial charge is 0.508 e. The number of rotatable bonds is 2. The molecule has 0 aliphatic rings. The lowest BCUT2D eigenvalue weighted by Gasteiger charge is -2.05. The minimum absolute atomic E-state index is 0.150. The van der Waals surface area contributed by atoms with Crippen LogP contribution in [0.5, 0.6) is 5.75 Å². The van der Waals surface area contributed by atoms with Gasteiger partial charge >= 0.3 is 5.97 Å². The molecule has 1 heterocycles. The van der Waals surface area contributed by atoms with E-state index in [4.69, 9.17) is 0 Å². The lowest BCUT2D eigenvalue weighted by atomic mass is 10.1. The van der Waals surface area contributed by atoms with Crippen LogP contribution in [-0.4, -0.2) is 28.2 Å². The predicted molar refractivity (Wildman–Crippen MR) is 60.5 cm³/mol. The lowest BCUT2D eigenvalue weighted by molar-refractivity contribution is 0.0594. The maximum Gasteiger partial charge on any atom is 0.358 e. The summed E-state index contributed by atoms with van der Waals surface area (Å²) in [6.07, 6.45) is 2.92. The van der Waals surface area contributed by atoms with Crippen molar-refractivity contribution >= 4 is 5.97 Å². The molecule has 0 spiro atoms. The highest BCUT2D eigenvalue weighted by molar-refractivity contribution is 5.93. The van der Waals surface area contributed by atoms with Crippen LogP contribution in [0.2, 0.25) is 0 Å². The number of carbonyl (C=O) groups is 1. The van der Waals surface area contributed by atoms with Crippen LogP contribution in [0, 0.1) is 0 Å². The third-order valence-corrected chi connectivity index (χ3v) is 2.22. The SMILES string of the molecule is COC(=O)c1nccnc1-c1ccc(O)cc1. The van der Waals surface area contributed by atoms with Crippen LogP contribution in [0.4, 0.5) is 0 Å². The monoisotopic (exact) mass is 230 g/mol. The van der Waals surface area contributed by atoms with E-state index in [1.807, 2.05) is 0 Å². The number of esters is 1. The van der Waals surface area contributed by atoms with Gasteiger partial charge in [-0.15, -0.1) is 0 Å². The van der Waals surface area contributed by atoms with Gasteiger partial charge in [0.15, 0.2) is 5.69 Å². The molecule has 17 heavy (non-hydrogen) atoms. The van der Waals surface area contributed by atoms with Crippen molar-refractivity contribution in [2.24, 2.45) is 0 Å². The van der Waals surface area contributed by atoms with Crippen molar-refractivity contribution in [3.63, 3.8) is 0 Å². The van der Waals surface area contributed by atoms with E-state index in [-0.39, 0.29) is 11.4 Å². The fourth-order valence-electron chi connectivity index (χ4n) is 1.41. The number of hydrogen-bond donors (Lipinski definition) is 1. The van der Waals surface area contributed by atoms with E-state index in [1.54, 1.807) is 12.1 Å². The van der Waals surface area contributed by atoms with E-state index in [0.717, 1.165) is 0 Å². The fraction of sp³-hybridized carbons (Fsp3) is 0.0833. The number of methoxy groups -OCH3 is 1. The minimum atomic E-state index is -0.541. The van der Waals surface area contributed by atoms with E-state index in [9.17, 15) is 9.90 Å². The van der Waals surface area contributed by atoms with Crippen molar-refractivity contribution in [2.75, 3.05) is 7.11 Å². The average Bonchev–Trinajstić information content (AvgIpc) is 2.39. The summed E-state index contributed by atoms with van der Waals surface area (Å²) in [5.41, 5.74) is 1.27. The molecule has 5 heteroatoms. The highest BCUT2D eigenvalue weighted by atomic mass is 16.5. The summed E-state index contributed by atoms with van der Waals surface area (Å²) in [6, 6.07) is 6.35. The van der Waals surface area contributed by atoms with Crippen LogP contribution >= 0.6 is 0 Å². The number of phenols is 1. The van der Waals surface area contributed by atoms with Crippen LogP contribution in [0.25, 0.3) is 11.3 Å². The normalized spacial score (nSPS) is 9.94. The van der Waals surface area contributed by atoms with Gasteiger partial charge in [-0.2, -0.15) is 0 Å². The number of ether oxygens (including phenoxy) is 1. The molecule has 2 aromatic rings. The van der Waals surface area contributed by atoms with Crippen LogP contribution in [0.1, 0.15) is 10.5 Å². The van der Waals surface area contributed by atoms with Crippen LogP contribution in [0.3, 0.4) is 0 Å². The van der Waals surface area contributed by atoms with E-state index in [2.05, 4.69) is 14.7 Å². The molecular formula is C12H10N2O3. The zero-order chi connectivity index (χ0) is 12.3. The zero-order valence-electron chi connectivity index (χ0n) is 9.12. The quantitative estimate of drug-likeness (QED) is 0.794. The van der Waals surface area contributed by atoms with Crippen LogP contribution in [0.15, 0.2) is 36.7 Å². The lowest BCUT2D eigenvalue weighted by Crippen LogP contribution is -2.07. The number of phenolic OH excluding ortho intramolecular Hbond substituents is 1. The maximum atomic E-state index is 11.5. The molecule has 5 nitrogen and oxygen atoms in total. The molecule has 1 aromatic heterocycles. The van der Waals surface area contributed by atoms with E-state index in [0.29, 0.717) is 11.3 Å². The molecule has 0 saturated heterocycles. The molecule has 86 valence electrons. The Kier molecular flexibility index (Phi) is 3.00. The van der Waals surface area contributed by atoms with Gasteiger partial charge in [0.2, 0.25) is 0 Å². The molecule has 0 aliphatic heterocycles. The Labute approximate surface area is 97.7 Å². The van der Waals surface area contributed by atoms with E-state index in [1.165, 1.54) is 31.6 Å². The number of hydrogen-bond acceptors (Lipinski definition) is 5. The second-order valence-electron chi connectivity index (χ2n) is 3.29. The number of carbonyl (C=O) groups excluding carboxylic acids is 1. The number of benzene rings is 1. The molecule has 1 aromatic carbocycles. The van der Waals surface area contributed by atoms with E-state index >= 15 is 0 Å². The molecule has 0 atom stereocenters. The van der Waals surface area contributed by atoms with Crippen molar-refractivity contribution in [2.45, 2.75) is 0 Å². The number of aromatic nitrogens is 2. The molecule has 1 N–H and O–H groups in total. The highest BCUT2D eigenvalue weighted by Gasteiger charge is 2.15. The third-order valence-electron chi connectivity index (χ3n) is 2.22.